The third kappa shape index (κ3) is 4.31. The Morgan fingerprint density at radius 2 is 1.71 bits per heavy atom. The van der Waals surface area contributed by atoms with Gasteiger partial charge in [-0.1, -0.05) is 26.0 Å². The van der Waals surface area contributed by atoms with E-state index in [0.717, 1.165) is 18.7 Å². The number of carbonyl (C=O) groups is 2. The molecule has 1 aliphatic rings. The SMILES string of the molecule is CC1CC(C)CN(C(=O)CCc2ccc(C(=O)O)cc2)C1. The average Bonchev–Trinajstić information content (AvgIpc) is 2.44. The fourth-order valence-corrected chi connectivity index (χ4v) is 3.09. The summed E-state index contributed by atoms with van der Waals surface area (Å²) in [4.78, 5) is 25.0. The molecule has 114 valence electrons. The molecule has 0 spiro atoms. The van der Waals surface area contributed by atoms with Crippen LogP contribution in [0.2, 0.25) is 0 Å². The molecule has 2 unspecified atom stereocenters. The number of nitrogens with zero attached hydrogens (tertiary/aromatic N) is 1. The molecule has 2 atom stereocenters. The highest BCUT2D eigenvalue weighted by molar-refractivity contribution is 5.87. The zero-order valence-corrected chi connectivity index (χ0v) is 12.7. The fourth-order valence-electron chi connectivity index (χ4n) is 3.09. The van der Waals surface area contributed by atoms with Crippen molar-refractivity contribution >= 4 is 11.9 Å². The Morgan fingerprint density at radius 1 is 1.14 bits per heavy atom. The first kappa shape index (κ1) is 15.5. The molecular weight excluding hydrogens is 266 g/mol. The van der Waals surface area contributed by atoms with Gasteiger partial charge in [0, 0.05) is 19.5 Å². The lowest BCUT2D eigenvalue weighted by atomic mass is 9.91. The summed E-state index contributed by atoms with van der Waals surface area (Å²) in [6, 6.07) is 6.76. The van der Waals surface area contributed by atoms with Gasteiger partial charge in [-0.15, -0.1) is 0 Å². The molecule has 4 heteroatoms. The monoisotopic (exact) mass is 289 g/mol. The van der Waals surface area contributed by atoms with Crippen molar-refractivity contribution in [3.63, 3.8) is 0 Å². The van der Waals surface area contributed by atoms with Gasteiger partial charge in [0.15, 0.2) is 0 Å². The first-order valence-corrected chi connectivity index (χ1v) is 7.55. The number of hydrogen-bond acceptors (Lipinski definition) is 2. The van der Waals surface area contributed by atoms with Crippen LogP contribution >= 0.6 is 0 Å². The van der Waals surface area contributed by atoms with Crippen LogP contribution < -0.4 is 0 Å². The maximum Gasteiger partial charge on any atom is 0.335 e. The van der Waals surface area contributed by atoms with Crippen molar-refractivity contribution in [2.24, 2.45) is 11.8 Å². The highest BCUT2D eigenvalue weighted by Crippen LogP contribution is 2.21. The normalized spacial score (nSPS) is 22.1. The Labute approximate surface area is 125 Å². The van der Waals surface area contributed by atoms with Gasteiger partial charge in [0.05, 0.1) is 5.56 Å². The van der Waals surface area contributed by atoms with E-state index >= 15 is 0 Å². The molecule has 2 rings (SSSR count). The molecular formula is C17H23NO3. The first-order valence-electron chi connectivity index (χ1n) is 7.55. The van der Waals surface area contributed by atoms with E-state index in [0.29, 0.717) is 24.7 Å². The molecule has 0 aliphatic carbocycles. The van der Waals surface area contributed by atoms with Gasteiger partial charge in [0.25, 0.3) is 0 Å². The van der Waals surface area contributed by atoms with E-state index in [-0.39, 0.29) is 11.5 Å². The van der Waals surface area contributed by atoms with Crippen LogP contribution in [0.5, 0.6) is 0 Å². The van der Waals surface area contributed by atoms with Crippen molar-refractivity contribution in [2.45, 2.75) is 33.1 Å². The predicted molar refractivity (Wildman–Crippen MR) is 81.2 cm³/mol. The molecule has 1 amide bonds. The summed E-state index contributed by atoms with van der Waals surface area (Å²) in [6.45, 7) is 6.11. The minimum Gasteiger partial charge on any atom is -0.478 e. The number of carboxylic acid groups (broad SMARTS) is 1. The number of likely N-dealkylation sites (tertiary alicyclic amines) is 1. The molecule has 0 aromatic heterocycles. The Bertz CT molecular complexity index is 499. The van der Waals surface area contributed by atoms with Crippen LogP contribution in [0.25, 0.3) is 0 Å². The third-order valence-corrected chi connectivity index (χ3v) is 4.05. The Morgan fingerprint density at radius 3 is 2.24 bits per heavy atom. The molecule has 1 aliphatic heterocycles. The summed E-state index contributed by atoms with van der Waals surface area (Å²) in [7, 11) is 0. The van der Waals surface area contributed by atoms with Gasteiger partial charge in [0.2, 0.25) is 5.91 Å². The quantitative estimate of drug-likeness (QED) is 0.927. The van der Waals surface area contributed by atoms with Crippen molar-refractivity contribution in [3.05, 3.63) is 35.4 Å². The number of carboxylic acids is 1. The van der Waals surface area contributed by atoms with Gasteiger partial charge in [-0.25, -0.2) is 4.79 Å². The van der Waals surface area contributed by atoms with Gasteiger partial charge in [-0.2, -0.15) is 0 Å². The maximum atomic E-state index is 12.3. The van der Waals surface area contributed by atoms with Gasteiger partial charge < -0.3 is 10.0 Å². The summed E-state index contributed by atoms with van der Waals surface area (Å²) in [6.07, 6.45) is 2.35. The summed E-state index contributed by atoms with van der Waals surface area (Å²) in [5.41, 5.74) is 1.29. The molecule has 1 heterocycles. The summed E-state index contributed by atoms with van der Waals surface area (Å²) in [5.74, 6) is 0.435. The lowest BCUT2D eigenvalue weighted by Gasteiger charge is -2.35. The highest BCUT2D eigenvalue weighted by atomic mass is 16.4. The van der Waals surface area contributed by atoms with Crippen LogP contribution in [0.15, 0.2) is 24.3 Å². The third-order valence-electron chi connectivity index (χ3n) is 4.05. The van der Waals surface area contributed by atoms with E-state index in [4.69, 9.17) is 5.11 Å². The molecule has 0 saturated carbocycles. The van der Waals surface area contributed by atoms with E-state index in [2.05, 4.69) is 13.8 Å². The molecule has 0 bridgehead atoms. The number of hydrogen-bond donors (Lipinski definition) is 1. The molecule has 1 saturated heterocycles. The topological polar surface area (TPSA) is 57.6 Å². The van der Waals surface area contributed by atoms with Crippen molar-refractivity contribution in [1.82, 2.24) is 4.90 Å². The summed E-state index contributed by atoms with van der Waals surface area (Å²) in [5, 5.41) is 8.85. The second-order valence-corrected chi connectivity index (χ2v) is 6.25. The average molecular weight is 289 g/mol. The molecule has 1 N–H and O–H groups in total. The zero-order chi connectivity index (χ0) is 15.4. The van der Waals surface area contributed by atoms with E-state index in [1.807, 2.05) is 4.90 Å². The van der Waals surface area contributed by atoms with E-state index < -0.39 is 5.97 Å². The van der Waals surface area contributed by atoms with E-state index in [1.165, 1.54) is 6.42 Å². The van der Waals surface area contributed by atoms with Crippen molar-refractivity contribution in [2.75, 3.05) is 13.1 Å². The van der Waals surface area contributed by atoms with Crippen LogP contribution in [-0.4, -0.2) is 35.0 Å². The highest BCUT2D eigenvalue weighted by Gasteiger charge is 2.24. The van der Waals surface area contributed by atoms with E-state index in [9.17, 15) is 9.59 Å². The number of amides is 1. The Balaban J connectivity index is 1.87. The lowest BCUT2D eigenvalue weighted by Crippen LogP contribution is -2.42. The number of carbonyl (C=O) groups excluding carboxylic acids is 1. The van der Waals surface area contributed by atoms with Gasteiger partial charge in [-0.3, -0.25) is 4.79 Å². The number of aromatic carboxylic acids is 1. The smallest absolute Gasteiger partial charge is 0.335 e. The van der Waals surface area contributed by atoms with Crippen molar-refractivity contribution < 1.29 is 14.7 Å². The molecule has 1 aromatic carbocycles. The summed E-state index contributed by atoms with van der Waals surface area (Å²) >= 11 is 0. The van der Waals surface area contributed by atoms with Crippen LogP contribution in [0, 0.1) is 11.8 Å². The number of rotatable bonds is 4. The molecule has 1 aromatic rings. The second kappa shape index (κ2) is 6.74. The van der Waals surface area contributed by atoms with Crippen molar-refractivity contribution in [3.8, 4) is 0 Å². The Hall–Kier alpha value is -1.84. The standard InChI is InChI=1S/C17H23NO3/c1-12-9-13(2)11-18(10-12)16(19)8-5-14-3-6-15(7-4-14)17(20)21/h3-4,6-7,12-13H,5,8-11H2,1-2H3,(H,20,21). The minimum absolute atomic E-state index is 0.204. The fraction of sp³-hybridized carbons (Fsp3) is 0.529. The summed E-state index contributed by atoms with van der Waals surface area (Å²) < 4.78 is 0. The minimum atomic E-state index is -0.922. The molecule has 21 heavy (non-hydrogen) atoms. The predicted octanol–water partition coefficient (Wildman–Crippen LogP) is 2.82. The Kier molecular flexibility index (Phi) is 4.99. The van der Waals surface area contributed by atoms with Gasteiger partial charge in [0.1, 0.15) is 0 Å². The van der Waals surface area contributed by atoms with Crippen molar-refractivity contribution in [1.29, 1.82) is 0 Å². The van der Waals surface area contributed by atoms with Crippen LogP contribution in [-0.2, 0) is 11.2 Å². The maximum absolute atomic E-state index is 12.3. The van der Waals surface area contributed by atoms with E-state index in [1.54, 1.807) is 24.3 Å². The second-order valence-electron chi connectivity index (χ2n) is 6.25. The van der Waals surface area contributed by atoms with Gasteiger partial charge in [-0.05, 0) is 42.4 Å². The molecule has 1 fully saturated rings. The molecule has 4 nitrogen and oxygen atoms in total. The molecule has 0 radical (unpaired) electrons. The first-order chi connectivity index (χ1) is 9.95. The number of piperidine rings is 1. The number of aryl methyl sites for hydroxylation is 1. The zero-order valence-electron chi connectivity index (χ0n) is 12.7. The lowest BCUT2D eigenvalue weighted by molar-refractivity contribution is -0.133. The van der Waals surface area contributed by atoms with Crippen LogP contribution in [0.4, 0.5) is 0 Å². The number of benzene rings is 1. The van der Waals surface area contributed by atoms with Crippen LogP contribution in [0.1, 0.15) is 42.6 Å². The van der Waals surface area contributed by atoms with Crippen LogP contribution in [0.3, 0.4) is 0 Å². The largest absolute Gasteiger partial charge is 0.478 e. The van der Waals surface area contributed by atoms with Gasteiger partial charge >= 0.3 is 5.97 Å².